The normalized spacial score (nSPS) is 19.6. The number of anilines is 2. The van der Waals surface area contributed by atoms with Crippen LogP contribution in [0.3, 0.4) is 0 Å². The lowest BCUT2D eigenvalue weighted by Crippen LogP contribution is -2.13. The highest BCUT2D eigenvalue weighted by Gasteiger charge is 2.36. The van der Waals surface area contributed by atoms with Gasteiger partial charge >= 0.3 is 0 Å². The Bertz CT molecular complexity index is 1470. The molecule has 6 rings (SSSR count). The average Bonchev–Trinajstić information content (AvgIpc) is 3.82. The molecule has 0 saturated heterocycles. The lowest BCUT2D eigenvalue weighted by atomic mass is 10.0. The van der Waals surface area contributed by atoms with E-state index < -0.39 is 0 Å². The maximum atomic E-state index is 13.7. The van der Waals surface area contributed by atoms with Gasteiger partial charge in [-0.05, 0) is 55.0 Å². The molecule has 0 aliphatic heterocycles. The van der Waals surface area contributed by atoms with Crippen LogP contribution in [0.4, 0.5) is 15.8 Å². The Morgan fingerprint density at radius 2 is 2.06 bits per heavy atom. The Morgan fingerprint density at radius 3 is 2.75 bits per heavy atom. The van der Waals surface area contributed by atoms with E-state index in [9.17, 15) is 9.65 Å². The quantitative estimate of drug-likeness (QED) is 0.297. The van der Waals surface area contributed by atoms with Crippen molar-refractivity contribution in [1.82, 2.24) is 20.0 Å². The highest BCUT2D eigenvalue weighted by Crippen LogP contribution is 2.41. The smallest absolute Gasteiger partial charge is 0.123 e. The first-order valence-corrected chi connectivity index (χ1v) is 12.6. The van der Waals surface area contributed by atoms with Gasteiger partial charge in [0.05, 0.1) is 40.1 Å². The molecule has 2 fully saturated rings. The Hall–Kier alpha value is -3.70. The minimum Gasteiger partial charge on any atom is -0.380 e. The number of nitrogens with zero attached hydrogens (tertiary/aromatic N) is 5. The van der Waals surface area contributed by atoms with Crippen LogP contribution in [0.5, 0.6) is 0 Å². The second kappa shape index (κ2) is 9.07. The van der Waals surface area contributed by atoms with Crippen molar-refractivity contribution in [2.75, 3.05) is 10.6 Å². The molecule has 9 heteroatoms. The Kier molecular flexibility index (Phi) is 5.73. The van der Waals surface area contributed by atoms with Crippen molar-refractivity contribution in [2.45, 2.75) is 50.7 Å². The zero-order chi connectivity index (χ0) is 24.8. The van der Waals surface area contributed by atoms with E-state index in [0.29, 0.717) is 34.1 Å². The molecule has 2 heterocycles. The van der Waals surface area contributed by atoms with Gasteiger partial charge in [0.2, 0.25) is 0 Å². The molecule has 2 aliphatic rings. The molecule has 3 atom stereocenters. The zero-order valence-electron chi connectivity index (χ0n) is 19.7. The maximum Gasteiger partial charge on any atom is 0.123 e. The van der Waals surface area contributed by atoms with Crippen molar-refractivity contribution in [1.29, 1.82) is 5.26 Å². The van der Waals surface area contributed by atoms with Gasteiger partial charge in [-0.15, -0.1) is 5.10 Å². The molecule has 0 amide bonds. The van der Waals surface area contributed by atoms with Crippen LogP contribution in [-0.2, 0) is 0 Å². The van der Waals surface area contributed by atoms with Crippen LogP contribution in [0, 0.1) is 23.1 Å². The SMILES string of the molecule is CC[C@@H]1C[C@H]1Nc1c(C#N)cnc2c(Cl)cc(NC(c3ccc(F)cc3)c3cn(C4CC4)nn3)cc12. The fourth-order valence-corrected chi connectivity index (χ4v) is 5.00. The van der Waals surface area contributed by atoms with E-state index in [1.54, 1.807) is 18.3 Å². The molecular formula is C27H25ClFN7. The third kappa shape index (κ3) is 4.35. The van der Waals surface area contributed by atoms with Crippen LogP contribution in [0.1, 0.15) is 61.5 Å². The fourth-order valence-electron chi connectivity index (χ4n) is 4.73. The summed E-state index contributed by atoms with van der Waals surface area (Å²) in [6, 6.07) is 12.8. The first kappa shape index (κ1) is 22.7. The Balaban J connectivity index is 1.41. The second-order valence-electron chi connectivity index (χ2n) is 9.65. The third-order valence-electron chi connectivity index (χ3n) is 7.08. The highest BCUT2D eigenvalue weighted by atomic mass is 35.5. The van der Waals surface area contributed by atoms with Gasteiger partial charge in [-0.2, -0.15) is 5.26 Å². The molecule has 0 spiro atoms. The number of aromatic nitrogens is 4. The number of pyridine rings is 1. The van der Waals surface area contributed by atoms with Gasteiger partial charge in [-0.3, -0.25) is 4.98 Å². The largest absolute Gasteiger partial charge is 0.380 e. The molecule has 2 aromatic heterocycles. The van der Waals surface area contributed by atoms with Gasteiger partial charge in [-0.25, -0.2) is 9.07 Å². The van der Waals surface area contributed by atoms with Crippen molar-refractivity contribution >= 4 is 33.9 Å². The molecular weight excluding hydrogens is 477 g/mol. The van der Waals surface area contributed by atoms with E-state index in [-0.39, 0.29) is 11.9 Å². The summed E-state index contributed by atoms with van der Waals surface area (Å²) >= 11 is 6.69. The summed E-state index contributed by atoms with van der Waals surface area (Å²) in [5.74, 6) is 0.303. The minimum atomic E-state index is -0.372. The molecule has 0 radical (unpaired) electrons. The van der Waals surface area contributed by atoms with E-state index in [2.05, 4.69) is 38.9 Å². The summed E-state index contributed by atoms with van der Waals surface area (Å²) in [6.45, 7) is 2.18. The van der Waals surface area contributed by atoms with Crippen molar-refractivity contribution in [3.63, 3.8) is 0 Å². The number of hydrogen-bond acceptors (Lipinski definition) is 6. The van der Waals surface area contributed by atoms with E-state index in [1.807, 2.05) is 23.0 Å². The number of rotatable bonds is 8. The first-order valence-electron chi connectivity index (χ1n) is 12.3. The van der Waals surface area contributed by atoms with E-state index >= 15 is 0 Å². The van der Waals surface area contributed by atoms with Crippen molar-refractivity contribution in [3.8, 4) is 6.07 Å². The number of nitrogens with one attached hydrogen (secondary N) is 2. The summed E-state index contributed by atoms with van der Waals surface area (Å²) in [7, 11) is 0. The summed E-state index contributed by atoms with van der Waals surface area (Å²) in [5, 5.41) is 26.9. The molecule has 2 aliphatic carbocycles. The van der Waals surface area contributed by atoms with Gasteiger partial charge < -0.3 is 10.6 Å². The van der Waals surface area contributed by atoms with Crippen LogP contribution in [0.25, 0.3) is 10.9 Å². The summed E-state index contributed by atoms with van der Waals surface area (Å²) in [4.78, 5) is 4.47. The van der Waals surface area contributed by atoms with Gasteiger partial charge in [-0.1, -0.05) is 42.3 Å². The molecule has 2 N–H and O–H groups in total. The number of nitriles is 1. The number of fused-ring (bicyclic) bond motifs is 1. The summed E-state index contributed by atoms with van der Waals surface area (Å²) in [6.07, 6.45) is 7.90. The van der Waals surface area contributed by atoms with E-state index in [1.165, 1.54) is 12.1 Å². The molecule has 7 nitrogen and oxygen atoms in total. The van der Waals surface area contributed by atoms with E-state index in [4.69, 9.17) is 11.6 Å². The number of halogens is 2. The molecule has 0 bridgehead atoms. The highest BCUT2D eigenvalue weighted by molar-refractivity contribution is 6.35. The standard InChI is InChI=1S/C27H25ClFN7/c1-2-15-9-23(15)33-25-17(12-30)13-31-27-21(25)10-19(11-22(27)28)32-26(16-3-5-18(29)6-4-16)24-14-36(35-34-24)20-7-8-20/h3-6,10-11,13-15,20,23,26,32H,2,7-9H2,1H3,(H,31,33)/t15-,23-,26?/m1/s1. The van der Waals surface area contributed by atoms with Crippen LogP contribution in [0.2, 0.25) is 5.02 Å². The Morgan fingerprint density at radius 1 is 1.25 bits per heavy atom. The lowest BCUT2D eigenvalue weighted by Gasteiger charge is -2.20. The van der Waals surface area contributed by atoms with Gasteiger partial charge in [0, 0.05) is 23.3 Å². The number of hydrogen-bond donors (Lipinski definition) is 2. The minimum absolute atomic E-state index is 0.302. The van der Waals surface area contributed by atoms with E-state index in [0.717, 1.165) is 53.7 Å². The summed E-state index contributed by atoms with van der Waals surface area (Å²) in [5.41, 5.74) is 4.20. The van der Waals surface area contributed by atoms with Gasteiger partial charge in [0.1, 0.15) is 17.6 Å². The van der Waals surface area contributed by atoms with Crippen molar-refractivity contribution < 1.29 is 4.39 Å². The lowest BCUT2D eigenvalue weighted by molar-refractivity contribution is 0.610. The van der Waals surface area contributed by atoms with Crippen molar-refractivity contribution in [2.24, 2.45) is 5.92 Å². The predicted octanol–water partition coefficient (Wildman–Crippen LogP) is 6.24. The monoisotopic (exact) mass is 501 g/mol. The van der Waals surface area contributed by atoms with Crippen LogP contribution < -0.4 is 10.6 Å². The third-order valence-corrected chi connectivity index (χ3v) is 7.37. The summed E-state index contributed by atoms with van der Waals surface area (Å²) < 4.78 is 15.6. The Labute approximate surface area is 213 Å². The second-order valence-corrected chi connectivity index (χ2v) is 10.1. The topological polar surface area (TPSA) is 91.5 Å². The maximum absolute atomic E-state index is 13.7. The zero-order valence-corrected chi connectivity index (χ0v) is 20.5. The fraction of sp³-hybridized carbons (Fsp3) is 0.333. The average molecular weight is 502 g/mol. The number of benzene rings is 2. The molecule has 4 aromatic rings. The predicted molar refractivity (Wildman–Crippen MR) is 137 cm³/mol. The van der Waals surface area contributed by atoms with Crippen molar-refractivity contribution in [3.05, 3.63) is 76.5 Å². The molecule has 182 valence electrons. The van der Waals surface area contributed by atoms with Crippen LogP contribution in [-0.4, -0.2) is 26.0 Å². The van der Waals surface area contributed by atoms with Crippen LogP contribution in [0.15, 0.2) is 48.8 Å². The molecule has 2 saturated carbocycles. The first-order chi connectivity index (χ1) is 17.5. The van der Waals surface area contributed by atoms with Crippen LogP contribution >= 0.6 is 11.6 Å². The van der Waals surface area contributed by atoms with Gasteiger partial charge in [0.25, 0.3) is 0 Å². The van der Waals surface area contributed by atoms with Gasteiger partial charge in [0.15, 0.2) is 0 Å². The molecule has 2 aromatic carbocycles. The molecule has 1 unspecified atom stereocenters. The molecule has 36 heavy (non-hydrogen) atoms.